The van der Waals surface area contributed by atoms with Gasteiger partial charge in [-0.25, -0.2) is 0 Å². The quantitative estimate of drug-likeness (QED) is 0.662. The summed E-state index contributed by atoms with van der Waals surface area (Å²) in [5.74, 6) is 0. The maximum atomic E-state index is 11.4. The lowest BCUT2D eigenvalue weighted by molar-refractivity contribution is 0.484. The van der Waals surface area contributed by atoms with Crippen LogP contribution in [-0.2, 0) is 10.1 Å². The molecule has 0 heterocycles. The fraction of sp³-hybridized carbons (Fsp3) is 0.500. The van der Waals surface area contributed by atoms with E-state index in [2.05, 4.69) is 20.8 Å². The lowest BCUT2D eigenvalue weighted by atomic mass is 10.4. The minimum absolute atomic E-state index is 0.109. The van der Waals surface area contributed by atoms with Gasteiger partial charge in [0, 0.05) is 0 Å². The van der Waals surface area contributed by atoms with Crippen molar-refractivity contribution in [2.75, 3.05) is 0 Å². The zero-order chi connectivity index (χ0) is 13.1. The van der Waals surface area contributed by atoms with Gasteiger partial charge in [0.15, 0.2) is 0 Å². The van der Waals surface area contributed by atoms with Gasteiger partial charge >= 0.3 is 0 Å². The molecule has 96 valence electrons. The summed E-state index contributed by atoms with van der Waals surface area (Å²) in [5, 5.41) is 0.870. The van der Waals surface area contributed by atoms with Crippen molar-refractivity contribution in [2.24, 2.45) is 0 Å². The molecule has 0 amide bonds. The molecule has 0 spiro atoms. The predicted molar refractivity (Wildman–Crippen MR) is 73.1 cm³/mol. The second kappa shape index (κ2) is 5.33. The molecule has 1 aromatic rings. The highest BCUT2D eigenvalue weighted by Gasteiger charge is 2.33. The molecular formula is C12H20O3SSi. The molecule has 0 aliphatic carbocycles. The van der Waals surface area contributed by atoms with E-state index in [0.717, 1.165) is 23.3 Å². The molecule has 0 saturated heterocycles. The van der Waals surface area contributed by atoms with Gasteiger partial charge in [0.05, 0.1) is 13.0 Å². The van der Waals surface area contributed by atoms with Gasteiger partial charge in [0.25, 0.3) is 10.1 Å². The third-order valence-corrected chi connectivity index (χ3v) is 10.5. The Morgan fingerprint density at radius 3 is 1.94 bits per heavy atom. The van der Waals surface area contributed by atoms with Crippen molar-refractivity contribution < 1.29 is 13.0 Å². The number of rotatable bonds is 5. The van der Waals surface area contributed by atoms with Crippen LogP contribution < -0.4 is 5.19 Å². The van der Waals surface area contributed by atoms with E-state index in [1.165, 1.54) is 6.07 Å². The molecule has 17 heavy (non-hydrogen) atoms. The molecule has 0 aliphatic rings. The van der Waals surface area contributed by atoms with Gasteiger partial charge in [-0.3, -0.25) is 4.55 Å². The van der Waals surface area contributed by atoms with E-state index in [0.29, 0.717) is 0 Å². The highest BCUT2D eigenvalue weighted by atomic mass is 32.2. The monoisotopic (exact) mass is 272 g/mol. The predicted octanol–water partition coefficient (Wildman–Crippen LogP) is 2.65. The highest BCUT2D eigenvalue weighted by Crippen LogP contribution is 2.23. The second-order valence-electron chi connectivity index (χ2n) is 4.31. The zero-order valence-electron chi connectivity index (χ0n) is 10.6. The van der Waals surface area contributed by atoms with E-state index in [4.69, 9.17) is 0 Å². The lowest BCUT2D eigenvalue weighted by Crippen LogP contribution is -2.48. The summed E-state index contributed by atoms with van der Waals surface area (Å²) in [6.07, 6.45) is 0. The third-order valence-electron chi connectivity index (χ3n) is 3.77. The largest absolute Gasteiger partial charge is 0.294 e. The Hall–Kier alpha value is -0.653. The van der Waals surface area contributed by atoms with Crippen LogP contribution in [0.15, 0.2) is 29.2 Å². The van der Waals surface area contributed by atoms with Crippen LogP contribution in [0.3, 0.4) is 0 Å². The topological polar surface area (TPSA) is 54.4 Å². The molecule has 0 atom stereocenters. The Balaban J connectivity index is 3.50. The summed E-state index contributed by atoms with van der Waals surface area (Å²) in [6, 6.07) is 9.87. The molecule has 0 fully saturated rings. The van der Waals surface area contributed by atoms with Crippen molar-refractivity contribution in [2.45, 2.75) is 43.8 Å². The van der Waals surface area contributed by atoms with Gasteiger partial charge < -0.3 is 0 Å². The molecule has 0 bridgehead atoms. The summed E-state index contributed by atoms with van der Waals surface area (Å²) in [4.78, 5) is 0.109. The Kier molecular flexibility index (Phi) is 4.52. The Morgan fingerprint density at radius 2 is 1.53 bits per heavy atom. The molecule has 0 aromatic heterocycles. The van der Waals surface area contributed by atoms with Gasteiger partial charge in [-0.2, -0.15) is 8.42 Å². The van der Waals surface area contributed by atoms with Crippen molar-refractivity contribution in [3.63, 3.8) is 0 Å². The van der Waals surface area contributed by atoms with Crippen LogP contribution in [0.5, 0.6) is 0 Å². The minimum Gasteiger partial charge on any atom is -0.282 e. The average molecular weight is 272 g/mol. The highest BCUT2D eigenvalue weighted by molar-refractivity contribution is 7.86. The van der Waals surface area contributed by atoms with Crippen LogP contribution in [-0.4, -0.2) is 21.0 Å². The van der Waals surface area contributed by atoms with Crippen LogP contribution in [0, 0.1) is 0 Å². The minimum atomic E-state index is -4.11. The zero-order valence-corrected chi connectivity index (χ0v) is 12.4. The molecule has 0 saturated carbocycles. The van der Waals surface area contributed by atoms with E-state index < -0.39 is 18.2 Å². The molecule has 1 aromatic carbocycles. The summed E-state index contributed by atoms with van der Waals surface area (Å²) in [5.41, 5.74) is 0. The van der Waals surface area contributed by atoms with Crippen molar-refractivity contribution in [3.05, 3.63) is 24.3 Å². The van der Waals surface area contributed by atoms with Gasteiger partial charge in [0.2, 0.25) is 0 Å². The molecule has 5 heteroatoms. The molecule has 1 N–H and O–H groups in total. The summed E-state index contributed by atoms with van der Waals surface area (Å²) in [7, 11) is -5.90. The van der Waals surface area contributed by atoms with Crippen molar-refractivity contribution >= 4 is 23.4 Å². The normalized spacial score (nSPS) is 12.7. The van der Waals surface area contributed by atoms with Gasteiger partial charge in [0.1, 0.15) is 0 Å². The first-order valence-electron chi connectivity index (χ1n) is 5.98. The summed E-state index contributed by atoms with van der Waals surface area (Å²) >= 11 is 0. The van der Waals surface area contributed by atoms with Gasteiger partial charge in [-0.15, -0.1) is 0 Å². The smallest absolute Gasteiger partial charge is 0.282 e. The van der Waals surface area contributed by atoms with Crippen LogP contribution in [0.2, 0.25) is 18.1 Å². The van der Waals surface area contributed by atoms with Crippen LogP contribution in [0.1, 0.15) is 20.8 Å². The number of benzene rings is 1. The Labute approximate surface area is 105 Å². The average Bonchev–Trinajstić information content (AvgIpc) is 2.31. The molecule has 3 nitrogen and oxygen atoms in total. The fourth-order valence-corrected chi connectivity index (χ4v) is 7.78. The van der Waals surface area contributed by atoms with E-state index >= 15 is 0 Å². The van der Waals surface area contributed by atoms with Gasteiger partial charge in [-0.1, -0.05) is 57.1 Å². The summed E-state index contributed by atoms with van der Waals surface area (Å²) < 4.78 is 32.2. The molecule has 0 unspecified atom stereocenters. The van der Waals surface area contributed by atoms with Crippen LogP contribution >= 0.6 is 0 Å². The van der Waals surface area contributed by atoms with Crippen molar-refractivity contribution in [1.29, 1.82) is 0 Å². The van der Waals surface area contributed by atoms with Crippen LogP contribution in [0.25, 0.3) is 0 Å². The number of hydrogen-bond donors (Lipinski definition) is 1. The lowest BCUT2D eigenvalue weighted by Gasteiger charge is -2.30. The Bertz CT molecular complexity index is 470. The van der Waals surface area contributed by atoms with E-state index in [1.807, 2.05) is 12.1 Å². The fourth-order valence-electron chi connectivity index (χ4n) is 2.45. The van der Waals surface area contributed by atoms with E-state index in [9.17, 15) is 13.0 Å². The first-order chi connectivity index (χ1) is 7.91. The maximum Gasteiger partial charge on any atom is 0.294 e. The summed E-state index contributed by atoms with van der Waals surface area (Å²) in [6.45, 7) is 6.33. The van der Waals surface area contributed by atoms with Crippen molar-refractivity contribution in [1.82, 2.24) is 0 Å². The van der Waals surface area contributed by atoms with E-state index in [-0.39, 0.29) is 4.90 Å². The molecular weight excluding hydrogens is 252 g/mol. The second-order valence-corrected chi connectivity index (χ2v) is 10.9. The maximum absolute atomic E-state index is 11.4. The van der Waals surface area contributed by atoms with Gasteiger partial charge in [-0.05, 0) is 11.3 Å². The Morgan fingerprint density at radius 1 is 1.06 bits per heavy atom. The standard InChI is InChI=1S/C12H20O3SSi/c1-4-17(5-2,6-3)12-10-8-7-9-11(12)16(13,14)15/h7-10H,4-6H2,1-3H3,(H,13,14,15). The molecule has 1 rings (SSSR count). The molecule has 0 aliphatic heterocycles. The molecule has 0 radical (unpaired) electrons. The SMILES string of the molecule is CC[Si](CC)(CC)c1ccccc1S(=O)(=O)O. The van der Waals surface area contributed by atoms with E-state index in [1.54, 1.807) is 6.07 Å². The number of hydrogen-bond acceptors (Lipinski definition) is 2. The van der Waals surface area contributed by atoms with Crippen LogP contribution in [0.4, 0.5) is 0 Å². The first-order valence-corrected chi connectivity index (χ1v) is 10.0. The van der Waals surface area contributed by atoms with Crippen molar-refractivity contribution in [3.8, 4) is 0 Å². The first kappa shape index (κ1) is 14.4. The third kappa shape index (κ3) is 2.78.